The third-order valence-electron chi connectivity index (χ3n) is 4.27. The molecule has 8 heteroatoms. The van der Waals surface area contributed by atoms with E-state index in [0.29, 0.717) is 18.2 Å². The van der Waals surface area contributed by atoms with E-state index in [2.05, 4.69) is 25.5 Å². The maximum atomic E-state index is 12.4. The Hall–Kier alpha value is -3.81. The number of anilines is 1. The van der Waals surface area contributed by atoms with E-state index < -0.39 is 0 Å². The van der Waals surface area contributed by atoms with Crippen LogP contribution in [-0.2, 0) is 17.9 Å². The van der Waals surface area contributed by atoms with Gasteiger partial charge in [0, 0.05) is 29.8 Å². The molecule has 0 saturated heterocycles. The maximum absolute atomic E-state index is 12.4. The molecule has 0 unspecified atom stereocenters. The minimum Gasteiger partial charge on any atom is -0.308 e. The van der Waals surface area contributed by atoms with Gasteiger partial charge in [-0.2, -0.15) is 10.2 Å². The number of amides is 1. The molecular weight excluding hydrogens is 366 g/mol. The molecule has 0 atom stereocenters. The van der Waals surface area contributed by atoms with Gasteiger partial charge < -0.3 is 5.32 Å². The van der Waals surface area contributed by atoms with Gasteiger partial charge in [-0.3, -0.25) is 14.2 Å². The highest BCUT2D eigenvalue weighted by atomic mass is 16.2. The van der Waals surface area contributed by atoms with Crippen molar-refractivity contribution in [2.24, 2.45) is 0 Å². The van der Waals surface area contributed by atoms with Crippen molar-refractivity contribution < 1.29 is 4.79 Å². The lowest BCUT2D eigenvalue weighted by Gasteiger charge is -2.03. The normalized spacial score (nSPS) is 10.8. The summed E-state index contributed by atoms with van der Waals surface area (Å²) in [6.45, 7) is 4.57. The first-order chi connectivity index (χ1) is 14.0. The van der Waals surface area contributed by atoms with Crippen LogP contribution in [0.5, 0.6) is 0 Å². The fraction of sp³-hybridized carbons (Fsp3) is 0.190. The number of hydrogen-bond donors (Lipinski definition) is 1. The Labute approximate surface area is 168 Å². The largest absolute Gasteiger partial charge is 0.308 e. The first kappa shape index (κ1) is 18.5. The first-order valence-electron chi connectivity index (χ1n) is 9.27. The van der Waals surface area contributed by atoms with E-state index >= 15 is 0 Å². The molecule has 3 aromatic heterocycles. The van der Waals surface area contributed by atoms with Crippen LogP contribution in [0.3, 0.4) is 0 Å². The topological polar surface area (TPSA) is 90.5 Å². The van der Waals surface area contributed by atoms with Crippen LogP contribution < -0.4 is 5.32 Å². The molecule has 8 nitrogen and oxygen atoms in total. The van der Waals surface area contributed by atoms with Crippen LogP contribution in [-0.4, -0.2) is 35.4 Å². The lowest BCUT2D eigenvalue weighted by molar-refractivity contribution is -0.116. The van der Waals surface area contributed by atoms with Gasteiger partial charge in [-0.05, 0) is 25.5 Å². The van der Waals surface area contributed by atoms with Crippen molar-refractivity contribution in [2.75, 3.05) is 5.32 Å². The molecule has 0 spiro atoms. The summed E-state index contributed by atoms with van der Waals surface area (Å²) < 4.78 is 3.35. The van der Waals surface area contributed by atoms with Crippen molar-refractivity contribution in [3.05, 3.63) is 78.0 Å². The van der Waals surface area contributed by atoms with E-state index in [0.717, 1.165) is 22.5 Å². The summed E-state index contributed by atoms with van der Waals surface area (Å²) in [5, 5.41) is 11.4. The minimum absolute atomic E-state index is 0.0797. The summed E-state index contributed by atoms with van der Waals surface area (Å²) in [6, 6.07) is 13.7. The van der Waals surface area contributed by atoms with Crippen molar-refractivity contribution in [2.45, 2.75) is 26.9 Å². The van der Waals surface area contributed by atoms with Gasteiger partial charge in [-0.25, -0.2) is 9.97 Å². The van der Waals surface area contributed by atoms with E-state index in [9.17, 15) is 4.79 Å². The van der Waals surface area contributed by atoms with Crippen molar-refractivity contribution in [1.82, 2.24) is 29.5 Å². The lowest BCUT2D eigenvalue weighted by Crippen LogP contribution is -2.19. The van der Waals surface area contributed by atoms with Crippen molar-refractivity contribution in [1.29, 1.82) is 0 Å². The zero-order valence-corrected chi connectivity index (χ0v) is 16.3. The molecule has 0 saturated carbocycles. The zero-order valence-electron chi connectivity index (χ0n) is 16.3. The summed E-state index contributed by atoms with van der Waals surface area (Å²) in [4.78, 5) is 21.2. The summed E-state index contributed by atoms with van der Waals surface area (Å²) in [7, 11) is 0. The SMILES string of the molecule is Cc1cc(C)nc(-c2cnn(CC(=O)Nc3ccn(Cc4ccccc4)n3)c2)n1. The molecule has 0 radical (unpaired) electrons. The number of aromatic nitrogens is 6. The number of hydrogen-bond acceptors (Lipinski definition) is 5. The van der Waals surface area contributed by atoms with Crippen molar-refractivity contribution in [3.8, 4) is 11.4 Å². The van der Waals surface area contributed by atoms with Crippen LogP contribution in [0, 0.1) is 13.8 Å². The molecule has 1 aromatic carbocycles. The predicted molar refractivity (Wildman–Crippen MR) is 109 cm³/mol. The fourth-order valence-corrected chi connectivity index (χ4v) is 3.04. The number of aryl methyl sites for hydroxylation is 2. The molecule has 0 aliphatic rings. The quantitative estimate of drug-likeness (QED) is 0.549. The highest BCUT2D eigenvalue weighted by Crippen LogP contribution is 2.15. The molecule has 1 N–H and O–H groups in total. The monoisotopic (exact) mass is 387 g/mol. The number of carbonyl (C=O) groups excluding carboxylic acids is 1. The zero-order chi connectivity index (χ0) is 20.2. The lowest BCUT2D eigenvalue weighted by atomic mass is 10.2. The maximum Gasteiger partial charge on any atom is 0.247 e. The smallest absolute Gasteiger partial charge is 0.247 e. The van der Waals surface area contributed by atoms with Gasteiger partial charge >= 0.3 is 0 Å². The highest BCUT2D eigenvalue weighted by molar-refractivity contribution is 5.89. The molecule has 146 valence electrons. The third kappa shape index (κ3) is 4.73. The van der Waals surface area contributed by atoms with E-state index in [1.54, 1.807) is 27.8 Å². The average molecular weight is 387 g/mol. The molecule has 0 aliphatic carbocycles. The molecular formula is C21H21N7O. The van der Waals surface area contributed by atoms with Crippen LogP contribution >= 0.6 is 0 Å². The predicted octanol–water partition coefficient (Wildman–Crippen LogP) is 2.84. The Morgan fingerprint density at radius 3 is 2.55 bits per heavy atom. The van der Waals surface area contributed by atoms with Gasteiger partial charge in [0.1, 0.15) is 6.54 Å². The van der Waals surface area contributed by atoms with E-state index in [4.69, 9.17) is 0 Å². The second-order valence-corrected chi connectivity index (χ2v) is 6.83. The van der Waals surface area contributed by atoms with Gasteiger partial charge in [0.15, 0.2) is 11.6 Å². The minimum atomic E-state index is -0.203. The standard InChI is InChI=1S/C21H21N7O/c1-15-10-16(2)24-21(23-15)18-11-22-28(13-18)14-20(29)25-19-8-9-27(26-19)12-17-6-4-3-5-7-17/h3-11,13H,12,14H2,1-2H3,(H,25,26,29). The van der Waals surface area contributed by atoms with Crippen LogP contribution in [0.1, 0.15) is 17.0 Å². The second kappa shape index (κ2) is 8.05. The number of nitrogens with one attached hydrogen (secondary N) is 1. The highest BCUT2D eigenvalue weighted by Gasteiger charge is 2.10. The van der Waals surface area contributed by atoms with E-state index in [1.165, 1.54) is 0 Å². The second-order valence-electron chi connectivity index (χ2n) is 6.83. The molecule has 0 bridgehead atoms. The first-order valence-corrected chi connectivity index (χ1v) is 9.27. The van der Waals surface area contributed by atoms with Crippen LogP contribution in [0.25, 0.3) is 11.4 Å². The molecule has 0 aliphatic heterocycles. The molecule has 0 fully saturated rings. The van der Waals surface area contributed by atoms with Gasteiger partial charge in [0.25, 0.3) is 0 Å². The third-order valence-corrected chi connectivity index (χ3v) is 4.27. The summed E-state index contributed by atoms with van der Waals surface area (Å²) in [5.74, 6) is 0.913. The van der Waals surface area contributed by atoms with Gasteiger partial charge in [0.05, 0.1) is 18.3 Å². The summed E-state index contributed by atoms with van der Waals surface area (Å²) in [5.41, 5.74) is 3.70. The number of nitrogens with zero attached hydrogens (tertiary/aromatic N) is 6. The van der Waals surface area contributed by atoms with Gasteiger partial charge in [-0.1, -0.05) is 30.3 Å². The average Bonchev–Trinajstić information content (AvgIpc) is 3.31. The number of benzene rings is 1. The summed E-state index contributed by atoms with van der Waals surface area (Å²) in [6.07, 6.45) is 5.27. The number of carbonyl (C=O) groups is 1. The van der Waals surface area contributed by atoms with Crippen LogP contribution in [0.15, 0.2) is 61.1 Å². The van der Waals surface area contributed by atoms with Crippen LogP contribution in [0.2, 0.25) is 0 Å². The Bertz CT molecular complexity index is 1110. The van der Waals surface area contributed by atoms with Crippen LogP contribution in [0.4, 0.5) is 5.82 Å². The molecule has 4 aromatic rings. The Kier molecular flexibility index (Phi) is 5.15. The number of rotatable bonds is 6. The summed E-state index contributed by atoms with van der Waals surface area (Å²) >= 11 is 0. The van der Waals surface area contributed by atoms with E-state index in [1.807, 2.05) is 56.4 Å². The molecule has 3 heterocycles. The Morgan fingerprint density at radius 2 is 1.79 bits per heavy atom. The van der Waals surface area contributed by atoms with Crippen molar-refractivity contribution in [3.63, 3.8) is 0 Å². The molecule has 1 amide bonds. The van der Waals surface area contributed by atoms with Crippen molar-refractivity contribution >= 4 is 11.7 Å². The molecule has 4 rings (SSSR count). The Morgan fingerprint density at radius 1 is 1.03 bits per heavy atom. The van der Waals surface area contributed by atoms with Gasteiger partial charge in [-0.15, -0.1) is 0 Å². The fourth-order valence-electron chi connectivity index (χ4n) is 3.04. The Balaban J connectivity index is 1.37. The van der Waals surface area contributed by atoms with E-state index in [-0.39, 0.29) is 12.5 Å². The molecule has 29 heavy (non-hydrogen) atoms. The van der Waals surface area contributed by atoms with Gasteiger partial charge in [0.2, 0.25) is 5.91 Å².